The average Bonchev–Trinajstić information content (AvgIpc) is 3.88. The third kappa shape index (κ3) is 7.19. The number of carboxylic acids is 1. The van der Waals surface area contributed by atoms with Gasteiger partial charge in [-0.25, -0.2) is 0 Å². The van der Waals surface area contributed by atoms with E-state index in [1.54, 1.807) is 6.92 Å². The van der Waals surface area contributed by atoms with Gasteiger partial charge in [-0.1, -0.05) is 48.5 Å². The van der Waals surface area contributed by atoms with Gasteiger partial charge in [-0.2, -0.15) is 0 Å². The summed E-state index contributed by atoms with van der Waals surface area (Å²) >= 11 is 0. The molecule has 3 unspecified atom stereocenters. The van der Waals surface area contributed by atoms with Gasteiger partial charge < -0.3 is 44.1 Å². The predicted molar refractivity (Wildman–Crippen MR) is 197 cm³/mol. The van der Waals surface area contributed by atoms with Crippen molar-refractivity contribution in [3.8, 4) is 0 Å². The van der Waals surface area contributed by atoms with Crippen molar-refractivity contribution >= 4 is 11.8 Å². The topological polar surface area (TPSA) is 161 Å². The molecule has 0 aromatic carbocycles. The highest BCUT2D eigenvalue weighted by Gasteiger charge is 2.74. The summed E-state index contributed by atoms with van der Waals surface area (Å²) in [5, 5.41) is 44.3. The number of carbonyl (C=O) groups excluding carboxylic acids is 1. The molecule has 1 aliphatic carbocycles. The summed E-state index contributed by atoms with van der Waals surface area (Å²) < 4.78 is 34.0. The number of aliphatic hydroxyl groups is 3. The fourth-order valence-corrected chi connectivity index (χ4v) is 11.4. The van der Waals surface area contributed by atoms with Gasteiger partial charge in [0.1, 0.15) is 11.9 Å². The fraction of sp³-hybridized carbons (Fsp3) is 0.952. The van der Waals surface area contributed by atoms with Gasteiger partial charge in [0, 0.05) is 36.0 Å². The van der Waals surface area contributed by atoms with Crippen LogP contribution in [-0.4, -0.2) is 97.7 Å². The van der Waals surface area contributed by atoms with Crippen molar-refractivity contribution in [3.63, 3.8) is 0 Å². The lowest BCUT2D eigenvalue weighted by molar-refractivity contribution is -0.446. The number of fused-ring (bicyclic) bond motifs is 2. The second kappa shape index (κ2) is 15.3. The van der Waals surface area contributed by atoms with Gasteiger partial charge in [-0.3, -0.25) is 9.59 Å². The van der Waals surface area contributed by atoms with Crippen LogP contribution in [0.3, 0.4) is 0 Å². The highest BCUT2D eigenvalue weighted by molar-refractivity contribution is 5.84. The zero-order valence-electron chi connectivity index (χ0n) is 33.8. The van der Waals surface area contributed by atoms with E-state index in [0.717, 1.165) is 19.3 Å². The van der Waals surface area contributed by atoms with Crippen LogP contribution in [0.25, 0.3) is 0 Å². The first kappa shape index (κ1) is 41.5. The lowest BCUT2D eigenvalue weighted by Gasteiger charge is -2.56. The number of ketones is 1. The molecule has 0 aromatic heterocycles. The molecule has 304 valence electrons. The number of carbonyl (C=O) groups is 2. The molecule has 5 heterocycles. The summed E-state index contributed by atoms with van der Waals surface area (Å²) in [7, 11) is 0. The SMILES string of the molecule is CCC(C(=O)[C@@H](C)[C@@H](O)[C@H](C)[C@H]1CCC[C@H]([C@@H](CC)C(=O)O)O1)[C@H]1O[C@@]2(O[C@@]3(CC[C@@](C)([C@H]4CC[C@](O)(CC)[C@H](C)O4)O3)[C@H](O)C3CC32)[C@H](C)C[C@@H]1C. The Hall–Kier alpha value is -1.18. The Bertz CT molecular complexity index is 1320. The number of aliphatic hydroxyl groups excluding tert-OH is 2. The van der Waals surface area contributed by atoms with Crippen LogP contribution >= 0.6 is 0 Å². The molecule has 1 saturated carbocycles. The second-order valence-corrected chi connectivity index (χ2v) is 18.5. The number of ether oxygens (including phenoxy) is 5. The van der Waals surface area contributed by atoms with Gasteiger partial charge in [0.2, 0.25) is 0 Å². The van der Waals surface area contributed by atoms with Crippen molar-refractivity contribution < 1.29 is 53.7 Å². The molecule has 0 amide bonds. The molecule has 2 spiro atoms. The molecular weight excluding hydrogens is 680 g/mol. The largest absolute Gasteiger partial charge is 0.481 e. The van der Waals surface area contributed by atoms with Crippen LogP contribution in [0.2, 0.25) is 0 Å². The number of aliphatic carboxylic acids is 1. The molecule has 0 bridgehead atoms. The molecule has 4 N–H and O–H groups in total. The number of Topliss-reactive ketones (excluding diaryl/α,β-unsaturated/α-hetero) is 1. The van der Waals surface area contributed by atoms with Crippen LogP contribution in [0, 0.1) is 47.3 Å². The van der Waals surface area contributed by atoms with E-state index in [2.05, 4.69) is 13.8 Å². The van der Waals surface area contributed by atoms with Crippen LogP contribution < -0.4 is 0 Å². The third-order valence-corrected chi connectivity index (χ3v) is 15.3. The van der Waals surface area contributed by atoms with Crippen LogP contribution in [0.5, 0.6) is 0 Å². The van der Waals surface area contributed by atoms with Crippen LogP contribution in [0.1, 0.15) is 139 Å². The summed E-state index contributed by atoms with van der Waals surface area (Å²) in [5.74, 6) is -5.29. The Labute approximate surface area is 317 Å². The van der Waals surface area contributed by atoms with E-state index >= 15 is 0 Å². The van der Waals surface area contributed by atoms with Crippen molar-refractivity contribution in [1.29, 1.82) is 0 Å². The van der Waals surface area contributed by atoms with E-state index in [9.17, 15) is 30.0 Å². The Balaban J connectivity index is 1.17. The molecule has 0 radical (unpaired) electrons. The van der Waals surface area contributed by atoms with Crippen molar-refractivity contribution in [2.75, 3.05) is 0 Å². The highest BCUT2D eigenvalue weighted by atomic mass is 16.8. The maximum absolute atomic E-state index is 14.5. The van der Waals surface area contributed by atoms with Crippen LogP contribution in [0.4, 0.5) is 0 Å². The molecule has 11 heteroatoms. The monoisotopic (exact) mass is 750 g/mol. The number of hydrogen-bond donors (Lipinski definition) is 4. The summed E-state index contributed by atoms with van der Waals surface area (Å²) in [6.45, 7) is 17.8. The number of rotatable bonds is 12. The van der Waals surface area contributed by atoms with E-state index in [-0.39, 0.29) is 53.7 Å². The highest BCUT2D eigenvalue weighted by Crippen LogP contribution is 2.66. The van der Waals surface area contributed by atoms with Gasteiger partial charge in [-0.05, 0) is 96.3 Å². The Morgan fingerprint density at radius 1 is 0.887 bits per heavy atom. The molecular formula is C42H70O11. The van der Waals surface area contributed by atoms with Gasteiger partial charge in [0.25, 0.3) is 0 Å². The van der Waals surface area contributed by atoms with Crippen molar-refractivity contribution in [1.82, 2.24) is 0 Å². The van der Waals surface area contributed by atoms with Crippen molar-refractivity contribution in [2.24, 2.45) is 47.3 Å². The first-order valence-corrected chi connectivity index (χ1v) is 21.1. The quantitative estimate of drug-likeness (QED) is 0.185. The Kier molecular flexibility index (Phi) is 12.0. The van der Waals surface area contributed by atoms with E-state index < -0.39 is 70.9 Å². The zero-order chi connectivity index (χ0) is 38.8. The predicted octanol–water partition coefficient (Wildman–Crippen LogP) is 6.02. The standard InChI is InChI=1S/C42H70O11/c1-10-27(38(46)47)32-15-13-14-31(50-32)24(6)34(43)25(7)35(44)28(11-2)36-22(4)20-23(5)42(51-36)30-21-29(30)37(45)41(53-42)19-18-39(9,52-41)33-16-17-40(48,12-3)26(8)49-33/h22-34,36-37,43,45,48H,10-21H2,1-9H3,(H,46,47)/t22-,23+,24+,25-,26-,27+,28?,29?,30?,31+,32+,33+,34-,36-,37+,39-,40+,41-,42+/m0/s1. The van der Waals surface area contributed by atoms with Crippen LogP contribution in [0.15, 0.2) is 0 Å². The summed E-state index contributed by atoms with van der Waals surface area (Å²) in [5.41, 5.74) is -1.58. The molecule has 11 nitrogen and oxygen atoms in total. The van der Waals surface area contributed by atoms with Crippen molar-refractivity contribution in [2.45, 2.75) is 205 Å². The molecule has 5 saturated heterocycles. The molecule has 6 fully saturated rings. The zero-order valence-corrected chi connectivity index (χ0v) is 33.8. The van der Waals surface area contributed by atoms with Crippen molar-refractivity contribution in [3.05, 3.63) is 0 Å². The lowest BCUT2D eigenvalue weighted by Crippen LogP contribution is -2.66. The molecule has 6 aliphatic rings. The lowest BCUT2D eigenvalue weighted by atomic mass is 9.72. The Morgan fingerprint density at radius 2 is 1.57 bits per heavy atom. The summed E-state index contributed by atoms with van der Waals surface area (Å²) in [4.78, 5) is 26.3. The molecule has 5 aliphatic heterocycles. The molecule has 6 rings (SSSR count). The number of carboxylic acid groups (broad SMARTS) is 1. The second-order valence-electron chi connectivity index (χ2n) is 18.5. The first-order chi connectivity index (χ1) is 24.9. The van der Waals surface area contributed by atoms with E-state index in [1.165, 1.54) is 0 Å². The maximum atomic E-state index is 14.5. The van der Waals surface area contributed by atoms with E-state index in [4.69, 9.17) is 23.7 Å². The third-order valence-electron chi connectivity index (χ3n) is 15.3. The minimum absolute atomic E-state index is 0.00103. The van der Waals surface area contributed by atoms with Gasteiger partial charge >= 0.3 is 5.97 Å². The summed E-state index contributed by atoms with van der Waals surface area (Å²) in [6.07, 6.45) is 4.25. The van der Waals surface area contributed by atoms with Gasteiger partial charge in [0.15, 0.2) is 11.6 Å². The average molecular weight is 751 g/mol. The van der Waals surface area contributed by atoms with Gasteiger partial charge in [0.05, 0.1) is 53.7 Å². The Morgan fingerprint density at radius 3 is 2.19 bits per heavy atom. The fourth-order valence-electron chi connectivity index (χ4n) is 11.4. The summed E-state index contributed by atoms with van der Waals surface area (Å²) in [6, 6.07) is 0. The van der Waals surface area contributed by atoms with E-state index in [1.807, 2.05) is 41.5 Å². The maximum Gasteiger partial charge on any atom is 0.309 e. The van der Waals surface area contributed by atoms with Crippen LogP contribution in [-0.2, 0) is 33.3 Å². The first-order valence-electron chi connectivity index (χ1n) is 21.1. The molecule has 19 atom stereocenters. The number of hydrogen-bond acceptors (Lipinski definition) is 10. The van der Waals surface area contributed by atoms with E-state index in [0.29, 0.717) is 57.8 Å². The molecule has 0 aromatic rings. The normalized spacial score (nSPS) is 48.5. The smallest absolute Gasteiger partial charge is 0.309 e. The van der Waals surface area contributed by atoms with Gasteiger partial charge in [-0.15, -0.1) is 0 Å². The molecule has 53 heavy (non-hydrogen) atoms. The minimum atomic E-state index is -1.27. The minimum Gasteiger partial charge on any atom is -0.481 e.